The van der Waals surface area contributed by atoms with Crippen LogP contribution in [0.3, 0.4) is 0 Å². The van der Waals surface area contributed by atoms with E-state index in [1.165, 1.54) is 0 Å². The molecule has 1 atom stereocenters. The third-order valence-electron chi connectivity index (χ3n) is 3.78. The van der Waals surface area contributed by atoms with Crippen LogP contribution in [0.5, 0.6) is 0 Å². The average molecular weight is 508 g/mol. The van der Waals surface area contributed by atoms with Gasteiger partial charge in [-0.1, -0.05) is 31.9 Å². The zero-order valence-electron chi connectivity index (χ0n) is 14.1. The van der Waals surface area contributed by atoms with E-state index in [0.717, 1.165) is 20.1 Å². The maximum Gasteiger partial charge on any atom is 0.335 e. The molecule has 0 unspecified atom stereocenters. The second kappa shape index (κ2) is 8.44. The molecule has 1 aliphatic heterocycles. The summed E-state index contributed by atoms with van der Waals surface area (Å²) in [5.41, 5.74) is 2.91. The molecule has 28 heavy (non-hydrogen) atoms. The summed E-state index contributed by atoms with van der Waals surface area (Å²) in [4.78, 5) is 49.6. The number of anilines is 1. The topological polar surface area (TPSA) is 108 Å². The number of rotatable bonds is 4. The molecular weight excluding hydrogens is 496 g/mol. The number of carbonyl (C=O) groups is 4. The van der Waals surface area contributed by atoms with E-state index in [2.05, 4.69) is 47.7 Å². The minimum atomic E-state index is -1.36. The van der Waals surface area contributed by atoms with Gasteiger partial charge in [-0.05, 0) is 48.5 Å². The van der Waals surface area contributed by atoms with E-state index in [4.69, 9.17) is 0 Å². The molecule has 3 rings (SSSR count). The number of hydrazone groups is 1. The van der Waals surface area contributed by atoms with Crippen LogP contribution in [0.2, 0.25) is 0 Å². The van der Waals surface area contributed by atoms with Gasteiger partial charge in [-0.3, -0.25) is 19.7 Å². The first-order valence-corrected chi connectivity index (χ1v) is 9.49. The molecule has 142 valence electrons. The van der Waals surface area contributed by atoms with Crippen molar-refractivity contribution in [2.75, 3.05) is 4.90 Å². The minimum absolute atomic E-state index is 0.301. The Bertz CT molecular complexity index is 974. The number of nitrogens with one attached hydrogen (secondary N) is 2. The fraction of sp³-hybridized carbons (Fsp3) is 0.0556. The van der Waals surface area contributed by atoms with Gasteiger partial charge in [0.15, 0.2) is 5.92 Å². The quantitative estimate of drug-likeness (QED) is 0.377. The predicted octanol–water partition coefficient (Wildman–Crippen LogP) is 2.83. The molecule has 0 aliphatic carbocycles. The number of benzene rings is 2. The summed E-state index contributed by atoms with van der Waals surface area (Å²) in [5.74, 6) is -3.44. The Labute approximate surface area is 176 Å². The van der Waals surface area contributed by atoms with E-state index in [0.29, 0.717) is 11.3 Å². The fourth-order valence-electron chi connectivity index (χ4n) is 2.39. The Morgan fingerprint density at radius 3 is 2.18 bits per heavy atom. The minimum Gasteiger partial charge on any atom is -0.276 e. The van der Waals surface area contributed by atoms with Gasteiger partial charge in [0.1, 0.15) is 0 Å². The first kappa shape index (κ1) is 19.9. The second-order valence-electron chi connectivity index (χ2n) is 5.65. The number of hydrogen-bond acceptors (Lipinski definition) is 5. The van der Waals surface area contributed by atoms with Crippen molar-refractivity contribution in [3.8, 4) is 0 Å². The van der Waals surface area contributed by atoms with Crippen molar-refractivity contribution in [3.05, 3.63) is 63.0 Å². The second-order valence-corrected chi connectivity index (χ2v) is 7.48. The first-order valence-electron chi connectivity index (χ1n) is 7.90. The van der Waals surface area contributed by atoms with Crippen molar-refractivity contribution in [1.82, 2.24) is 10.7 Å². The maximum absolute atomic E-state index is 12.6. The highest BCUT2D eigenvalue weighted by Crippen LogP contribution is 2.22. The molecule has 1 saturated heterocycles. The number of imide groups is 2. The Hall–Kier alpha value is -2.85. The number of hydrogen-bond donors (Lipinski definition) is 2. The van der Waals surface area contributed by atoms with Crippen molar-refractivity contribution in [2.24, 2.45) is 11.0 Å². The number of halogens is 2. The SMILES string of the molecule is O=C(N/N=C\[C@H]1C(=O)NC(=O)N(c2ccc(Br)cc2)C1=O)c1ccc(Br)cc1. The summed E-state index contributed by atoms with van der Waals surface area (Å²) >= 11 is 6.54. The van der Waals surface area contributed by atoms with E-state index in [9.17, 15) is 19.2 Å². The van der Waals surface area contributed by atoms with E-state index in [1.54, 1.807) is 48.5 Å². The monoisotopic (exact) mass is 506 g/mol. The Balaban J connectivity index is 1.74. The average Bonchev–Trinajstić information content (AvgIpc) is 2.66. The zero-order valence-corrected chi connectivity index (χ0v) is 17.2. The molecule has 0 radical (unpaired) electrons. The molecule has 1 heterocycles. The van der Waals surface area contributed by atoms with Crippen LogP contribution in [0.1, 0.15) is 10.4 Å². The van der Waals surface area contributed by atoms with Gasteiger partial charge in [0.25, 0.3) is 11.8 Å². The predicted molar refractivity (Wildman–Crippen MR) is 109 cm³/mol. The van der Waals surface area contributed by atoms with Crippen LogP contribution < -0.4 is 15.6 Å². The molecule has 5 amide bonds. The zero-order chi connectivity index (χ0) is 20.3. The van der Waals surface area contributed by atoms with Gasteiger partial charge in [0, 0.05) is 20.7 Å². The number of barbiturate groups is 1. The van der Waals surface area contributed by atoms with E-state index in [1.807, 2.05) is 0 Å². The molecule has 2 aromatic rings. The summed E-state index contributed by atoms with van der Waals surface area (Å²) < 4.78 is 1.58. The maximum atomic E-state index is 12.6. The van der Waals surface area contributed by atoms with Gasteiger partial charge in [0.2, 0.25) is 5.91 Å². The molecule has 0 saturated carbocycles. The van der Waals surface area contributed by atoms with Gasteiger partial charge in [-0.2, -0.15) is 5.10 Å². The Kier molecular flexibility index (Phi) is 6.00. The standard InChI is InChI=1S/C18H12Br2N4O4/c19-11-3-1-10(2-4-11)15(25)23-21-9-14-16(26)22-18(28)24(17(14)27)13-7-5-12(20)6-8-13/h1-9,14H,(H,23,25)(H,22,26,28)/b21-9-/t14-/m0/s1. The molecule has 1 aliphatic rings. The van der Waals surface area contributed by atoms with E-state index < -0.39 is 29.7 Å². The van der Waals surface area contributed by atoms with Crippen molar-refractivity contribution in [1.29, 1.82) is 0 Å². The van der Waals surface area contributed by atoms with Gasteiger partial charge in [0.05, 0.1) is 5.69 Å². The molecule has 10 heteroatoms. The lowest BCUT2D eigenvalue weighted by molar-refractivity contribution is -0.131. The molecule has 0 aromatic heterocycles. The summed E-state index contributed by atoms with van der Waals surface area (Å²) in [6.07, 6.45) is 0.993. The molecule has 2 aromatic carbocycles. The number of urea groups is 1. The van der Waals surface area contributed by atoms with Crippen molar-refractivity contribution in [3.63, 3.8) is 0 Å². The molecule has 8 nitrogen and oxygen atoms in total. The summed E-state index contributed by atoms with van der Waals surface area (Å²) in [5, 5.41) is 5.80. The lowest BCUT2D eigenvalue weighted by Crippen LogP contribution is -2.58. The molecule has 2 N–H and O–H groups in total. The highest BCUT2D eigenvalue weighted by molar-refractivity contribution is 9.10. The fourth-order valence-corrected chi connectivity index (χ4v) is 2.92. The lowest BCUT2D eigenvalue weighted by Gasteiger charge is -2.28. The summed E-state index contributed by atoms with van der Waals surface area (Å²) in [6, 6.07) is 12.1. The van der Waals surface area contributed by atoms with Crippen LogP contribution >= 0.6 is 31.9 Å². The van der Waals surface area contributed by atoms with Crippen LogP contribution in [0.15, 0.2) is 62.6 Å². The van der Waals surface area contributed by atoms with Crippen LogP contribution in [0.4, 0.5) is 10.5 Å². The number of carbonyl (C=O) groups excluding carboxylic acids is 4. The van der Waals surface area contributed by atoms with Crippen LogP contribution in [-0.2, 0) is 9.59 Å². The van der Waals surface area contributed by atoms with E-state index in [-0.39, 0.29) is 0 Å². The van der Waals surface area contributed by atoms with Crippen molar-refractivity contribution < 1.29 is 19.2 Å². The first-order chi connectivity index (χ1) is 13.4. The Morgan fingerprint density at radius 2 is 1.57 bits per heavy atom. The van der Waals surface area contributed by atoms with Crippen molar-refractivity contribution in [2.45, 2.75) is 0 Å². The summed E-state index contributed by atoms with van der Waals surface area (Å²) in [7, 11) is 0. The van der Waals surface area contributed by atoms with Gasteiger partial charge in [-0.25, -0.2) is 15.1 Å². The van der Waals surface area contributed by atoms with Crippen LogP contribution in [0.25, 0.3) is 0 Å². The van der Waals surface area contributed by atoms with Crippen molar-refractivity contribution >= 4 is 67.5 Å². The lowest BCUT2D eigenvalue weighted by atomic mass is 10.1. The smallest absolute Gasteiger partial charge is 0.276 e. The number of nitrogens with zero attached hydrogens (tertiary/aromatic N) is 2. The third-order valence-corrected chi connectivity index (χ3v) is 4.84. The molecule has 0 spiro atoms. The molecule has 1 fully saturated rings. The molecule has 0 bridgehead atoms. The third kappa shape index (κ3) is 4.34. The highest BCUT2D eigenvalue weighted by atomic mass is 79.9. The normalized spacial score (nSPS) is 17.0. The van der Waals surface area contributed by atoms with E-state index >= 15 is 0 Å². The number of amides is 5. The van der Waals surface area contributed by atoms with Crippen LogP contribution in [0, 0.1) is 5.92 Å². The summed E-state index contributed by atoms with van der Waals surface area (Å²) in [6.45, 7) is 0. The highest BCUT2D eigenvalue weighted by Gasteiger charge is 2.40. The Morgan fingerprint density at radius 1 is 1.00 bits per heavy atom. The largest absolute Gasteiger partial charge is 0.335 e. The van der Waals surface area contributed by atoms with Gasteiger partial charge in [-0.15, -0.1) is 0 Å². The van der Waals surface area contributed by atoms with Gasteiger partial charge < -0.3 is 0 Å². The van der Waals surface area contributed by atoms with Gasteiger partial charge >= 0.3 is 6.03 Å². The molecular formula is C18H12Br2N4O4. The van der Waals surface area contributed by atoms with Crippen LogP contribution in [-0.4, -0.2) is 30.0 Å².